The van der Waals surface area contributed by atoms with Crippen LogP contribution in [0, 0.1) is 0 Å². The van der Waals surface area contributed by atoms with Gasteiger partial charge in [-0.3, -0.25) is 4.79 Å². The van der Waals surface area contributed by atoms with Crippen LogP contribution in [0.2, 0.25) is 0 Å². The minimum atomic E-state index is -3.07. The van der Waals surface area contributed by atoms with Crippen molar-refractivity contribution in [3.05, 3.63) is 0 Å². The molecule has 0 fully saturated rings. The van der Waals surface area contributed by atoms with Crippen LogP contribution in [-0.2, 0) is 14.6 Å². The topological polar surface area (TPSA) is 83.5 Å². The number of carboxylic acid groups (broad SMARTS) is 1. The number of alkyl halides is 1. The first kappa shape index (κ1) is 13.7. The Morgan fingerprint density at radius 3 is 2.43 bits per heavy atom. The normalized spacial score (nSPS) is 11.5. The molecule has 0 saturated heterocycles. The highest BCUT2D eigenvalue weighted by molar-refractivity contribution is 7.91. The van der Waals surface area contributed by atoms with Crippen LogP contribution in [0.1, 0.15) is 6.42 Å². The van der Waals surface area contributed by atoms with Gasteiger partial charge in [-0.2, -0.15) is 0 Å². The van der Waals surface area contributed by atoms with Crippen LogP contribution in [0.4, 0.5) is 0 Å². The molecule has 14 heavy (non-hydrogen) atoms. The van der Waals surface area contributed by atoms with Crippen LogP contribution < -0.4 is 5.32 Å². The molecular formula is C7H14ClNO4S. The lowest BCUT2D eigenvalue weighted by Crippen LogP contribution is -2.26. The van der Waals surface area contributed by atoms with E-state index in [1.807, 2.05) is 0 Å². The van der Waals surface area contributed by atoms with Gasteiger partial charge in [0, 0.05) is 19.0 Å². The standard InChI is InChI=1S/C7H14ClNO4S/c8-2-5-14(12,13)6-4-9-3-1-7(10)11/h9H,1-6H2,(H,10,11). The summed E-state index contributed by atoms with van der Waals surface area (Å²) in [4.78, 5) is 10.1. The highest BCUT2D eigenvalue weighted by Crippen LogP contribution is 1.90. The molecule has 0 saturated carbocycles. The molecule has 0 aliphatic carbocycles. The lowest BCUT2D eigenvalue weighted by Gasteiger charge is -2.03. The number of sulfone groups is 1. The van der Waals surface area contributed by atoms with E-state index in [-0.39, 0.29) is 36.9 Å². The molecule has 0 radical (unpaired) electrons. The number of aliphatic carboxylic acids is 1. The van der Waals surface area contributed by atoms with E-state index < -0.39 is 15.8 Å². The van der Waals surface area contributed by atoms with Gasteiger partial charge >= 0.3 is 5.97 Å². The number of carbonyl (C=O) groups is 1. The quantitative estimate of drug-likeness (QED) is 0.452. The number of rotatable bonds is 8. The van der Waals surface area contributed by atoms with Gasteiger partial charge in [0.25, 0.3) is 0 Å². The van der Waals surface area contributed by atoms with Crippen molar-refractivity contribution < 1.29 is 18.3 Å². The van der Waals surface area contributed by atoms with Crippen molar-refractivity contribution in [1.29, 1.82) is 0 Å². The molecule has 0 rings (SSSR count). The fraction of sp³-hybridized carbons (Fsp3) is 0.857. The number of carboxylic acids is 1. The Bertz CT molecular complexity index is 265. The Morgan fingerprint density at radius 1 is 1.29 bits per heavy atom. The maximum absolute atomic E-state index is 11.1. The van der Waals surface area contributed by atoms with E-state index in [0.29, 0.717) is 0 Å². The Balaban J connectivity index is 3.49. The third-order valence-corrected chi connectivity index (χ3v) is 3.56. The molecule has 0 aromatic carbocycles. The van der Waals surface area contributed by atoms with Crippen molar-refractivity contribution >= 4 is 27.4 Å². The molecular weight excluding hydrogens is 230 g/mol. The largest absolute Gasteiger partial charge is 0.481 e. The number of hydrogen-bond acceptors (Lipinski definition) is 4. The second kappa shape index (κ2) is 7.03. The number of nitrogens with one attached hydrogen (secondary N) is 1. The van der Waals surface area contributed by atoms with Gasteiger partial charge in [0.05, 0.1) is 17.9 Å². The second-order valence-corrected chi connectivity index (χ2v) is 5.42. The second-order valence-electron chi connectivity index (χ2n) is 2.73. The average Bonchev–Trinajstić information content (AvgIpc) is 2.02. The fourth-order valence-corrected chi connectivity index (χ4v) is 2.37. The highest BCUT2D eigenvalue weighted by atomic mass is 35.5. The predicted molar refractivity (Wildman–Crippen MR) is 54.5 cm³/mol. The molecule has 0 amide bonds. The molecule has 0 aliphatic heterocycles. The van der Waals surface area contributed by atoms with Gasteiger partial charge in [0.15, 0.2) is 9.84 Å². The van der Waals surface area contributed by atoms with E-state index in [1.165, 1.54) is 0 Å². The SMILES string of the molecule is O=C(O)CCNCCS(=O)(=O)CCCl. The first-order chi connectivity index (χ1) is 6.48. The third kappa shape index (κ3) is 8.28. The van der Waals surface area contributed by atoms with Crippen molar-refractivity contribution in [2.24, 2.45) is 0 Å². The van der Waals surface area contributed by atoms with E-state index in [0.717, 1.165) is 0 Å². The van der Waals surface area contributed by atoms with E-state index in [4.69, 9.17) is 16.7 Å². The van der Waals surface area contributed by atoms with Crippen LogP contribution >= 0.6 is 11.6 Å². The van der Waals surface area contributed by atoms with Crippen molar-refractivity contribution in [3.63, 3.8) is 0 Å². The minimum Gasteiger partial charge on any atom is -0.481 e. The van der Waals surface area contributed by atoms with Gasteiger partial charge in [-0.05, 0) is 0 Å². The molecule has 7 heteroatoms. The van der Waals surface area contributed by atoms with Crippen LogP contribution in [0.25, 0.3) is 0 Å². The maximum atomic E-state index is 11.1. The molecule has 2 N–H and O–H groups in total. The Kier molecular flexibility index (Phi) is 6.86. The first-order valence-corrected chi connectivity index (χ1v) is 6.52. The summed E-state index contributed by atoms with van der Waals surface area (Å²) in [6.07, 6.45) is -0.00441. The molecule has 0 heterocycles. The van der Waals surface area contributed by atoms with Crippen LogP contribution in [0.15, 0.2) is 0 Å². The van der Waals surface area contributed by atoms with Crippen LogP contribution in [-0.4, -0.2) is 50.0 Å². The van der Waals surface area contributed by atoms with Gasteiger partial charge in [-0.15, -0.1) is 11.6 Å². The summed E-state index contributed by atoms with van der Waals surface area (Å²) in [5.41, 5.74) is 0. The lowest BCUT2D eigenvalue weighted by molar-refractivity contribution is -0.136. The number of halogens is 1. The van der Waals surface area contributed by atoms with Crippen molar-refractivity contribution in [2.45, 2.75) is 6.42 Å². The minimum absolute atomic E-state index is 0.000656. The maximum Gasteiger partial charge on any atom is 0.304 e. The van der Waals surface area contributed by atoms with Gasteiger partial charge in [0.2, 0.25) is 0 Å². The first-order valence-electron chi connectivity index (χ1n) is 4.17. The monoisotopic (exact) mass is 243 g/mol. The van der Waals surface area contributed by atoms with Crippen LogP contribution in [0.5, 0.6) is 0 Å². The summed E-state index contributed by atoms with van der Waals surface area (Å²) < 4.78 is 22.2. The summed E-state index contributed by atoms with van der Waals surface area (Å²) in [7, 11) is -3.07. The summed E-state index contributed by atoms with van der Waals surface area (Å²) >= 11 is 5.29. The Hall–Kier alpha value is -0.330. The van der Waals surface area contributed by atoms with Gasteiger partial charge in [-0.25, -0.2) is 8.42 Å². The zero-order valence-corrected chi connectivity index (χ0v) is 9.27. The van der Waals surface area contributed by atoms with Gasteiger partial charge in [-0.1, -0.05) is 0 Å². The molecule has 0 aromatic rings. The average molecular weight is 244 g/mol. The van der Waals surface area contributed by atoms with Crippen LogP contribution in [0.3, 0.4) is 0 Å². The van der Waals surface area contributed by atoms with E-state index >= 15 is 0 Å². The summed E-state index contributed by atoms with van der Waals surface area (Å²) in [5.74, 6) is -0.840. The van der Waals surface area contributed by atoms with E-state index in [2.05, 4.69) is 5.32 Å². The van der Waals surface area contributed by atoms with Gasteiger partial charge < -0.3 is 10.4 Å². The molecule has 0 unspecified atom stereocenters. The summed E-state index contributed by atoms with van der Waals surface area (Å²) in [6, 6.07) is 0. The zero-order chi connectivity index (χ0) is 11.0. The molecule has 0 atom stereocenters. The lowest BCUT2D eigenvalue weighted by atomic mass is 10.4. The van der Waals surface area contributed by atoms with Gasteiger partial charge in [0.1, 0.15) is 0 Å². The summed E-state index contributed by atoms with van der Waals surface area (Å²) in [6.45, 7) is 0.554. The molecule has 0 aromatic heterocycles. The van der Waals surface area contributed by atoms with Crippen molar-refractivity contribution in [1.82, 2.24) is 5.32 Å². The Morgan fingerprint density at radius 2 is 1.93 bits per heavy atom. The molecule has 5 nitrogen and oxygen atoms in total. The van der Waals surface area contributed by atoms with Crippen molar-refractivity contribution in [2.75, 3.05) is 30.5 Å². The fourth-order valence-electron chi connectivity index (χ4n) is 0.768. The summed E-state index contributed by atoms with van der Waals surface area (Å²) in [5, 5.41) is 11.0. The number of hydrogen-bond donors (Lipinski definition) is 2. The van der Waals surface area contributed by atoms with Crippen molar-refractivity contribution in [3.8, 4) is 0 Å². The molecule has 84 valence electrons. The molecule has 0 bridgehead atoms. The Labute approximate surface area is 88.4 Å². The smallest absolute Gasteiger partial charge is 0.304 e. The molecule has 0 spiro atoms. The predicted octanol–water partition coefficient (Wildman–Crippen LogP) is -0.296. The zero-order valence-electron chi connectivity index (χ0n) is 7.70. The highest BCUT2D eigenvalue weighted by Gasteiger charge is 2.08. The third-order valence-electron chi connectivity index (χ3n) is 1.49. The molecule has 0 aliphatic rings. The van der Waals surface area contributed by atoms with E-state index in [1.54, 1.807) is 0 Å². The van der Waals surface area contributed by atoms with E-state index in [9.17, 15) is 13.2 Å².